The summed E-state index contributed by atoms with van der Waals surface area (Å²) >= 11 is 5.89. The molecule has 1 aromatic heterocycles. The number of aliphatic hydroxyl groups is 1. The molecule has 0 bridgehead atoms. The highest BCUT2D eigenvalue weighted by Crippen LogP contribution is 2.28. The fourth-order valence-corrected chi connectivity index (χ4v) is 1.92. The van der Waals surface area contributed by atoms with Crippen molar-refractivity contribution in [2.24, 2.45) is 5.41 Å². The Kier molecular flexibility index (Phi) is 4.26. The minimum absolute atomic E-state index is 0.301. The maximum atomic E-state index is 10.6. The molecule has 0 spiro atoms. The summed E-state index contributed by atoms with van der Waals surface area (Å²) in [7, 11) is 0. The quantitative estimate of drug-likeness (QED) is 0.943. The molecule has 0 aliphatic rings. The third-order valence-corrected chi connectivity index (χ3v) is 3.22. The van der Waals surface area contributed by atoms with Crippen molar-refractivity contribution in [3.8, 4) is 0 Å². The smallest absolute Gasteiger partial charge is 0.101 e. The Morgan fingerprint density at radius 3 is 2.45 bits per heavy atom. The molecule has 0 radical (unpaired) electrons. The number of hydrogen-bond donors (Lipinski definition) is 1. The number of rotatable bonds is 3. The van der Waals surface area contributed by atoms with Crippen LogP contribution in [0.1, 0.15) is 26.3 Å². The Labute approximate surface area is 123 Å². The molecule has 2 rings (SSSR count). The normalized spacial score (nSPS) is 14.3. The summed E-state index contributed by atoms with van der Waals surface area (Å²) in [5.41, 5.74) is 1.32. The van der Waals surface area contributed by atoms with E-state index >= 15 is 0 Å². The first kappa shape index (κ1) is 14.8. The molecule has 1 unspecified atom stereocenters. The first-order chi connectivity index (χ1) is 9.38. The number of aromatic nitrogens is 3. The topological polar surface area (TPSA) is 50.9 Å². The molecule has 0 amide bonds. The lowest BCUT2D eigenvalue weighted by Gasteiger charge is -2.27. The average molecular weight is 292 g/mol. The van der Waals surface area contributed by atoms with E-state index in [0.29, 0.717) is 10.7 Å². The number of benzene rings is 1. The largest absolute Gasteiger partial charge is 0.386 e. The van der Waals surface area contributed by atoms with Gasteiger partial charge in [-0.3, -0.25) is 0 Å². The maximum absolute atomic E-state index is 10.6. The monoisotopic (exact) mass is 291 g/mol. The lowest BCUT2D eigenvalue weighted by atomic mass is 9.86. The first-order valence-corrected chi connectivity index (χ1v) is 6.77. The Hall–Kier alpha value is -1.65. The van der Waals surface area contributed by atoms with E-state index in [2.05, 4.69) is 10.3 Å². The van der Waals surface area contributed by atoms with Crippen molar-refractivity contribution in [3.05, 3.63) is 47.2 Å². The molecule has 0 saturated carbocycles. The number of halogens is 1. The molecule has 1 heterocycles. The van der Waals surface area contributed by atoms with Gasteiger partial charge in [0.05, 0.1) is 18.1 Å². The van der Waals surface area contributed by atoms with Crippen molar-refractivity contribution in [1.82, 2.24) is 15.0 Å². The van der Waals surface area contributed by atoms with Gasteiger partial charge in [0.15, 0.2) is 0 Å². The van der Waals surface area contributed by atoms with E-state index in [9.17, 15) is 5.11 Å². The van der Waals surface area contributed by atoms with Gasteiger partial charge in [0.1, 0.15) is 6.10 Å². The molecule has 0 fully saturated rings. The van der Waals surface area contributed by atoms with Crippen LogP contribution in [0.25, 0.3) is 11.8 Å². The Morgan fingerprint density at radius 1 is 1.30 bits per heavy atom. The van der Waals surface area contributed by atoms with E-state index in [0.717, 1.165) is 5.56 Å². The zero-order chi connectivity index (χ0) is 14.8. The summed E-state index contributed by atoms with van der Waals surface area (Å²) in [6.45, 7) is 5.93. The minimum Gasteiger partial charge on any atom is -0.386 e. The molecule has 1 atom stereocenters. The molecular weight excluding hydrogens is 274 g/mol. The van der Waals surface area contributed by atoms with Crippen LogP contribution in [-0.2, 0) is 0 Å². The molecule has 2 aromatic rings. The van der Waals surface area contributed by atoms with Crippen LogP contribution in [0.3, 0.4) is 0 Å². The van der Waals surface area contributed by atoms with Crippen molar-refractivity contribution in [2.75, 3.05) is 0 Å². The van der Waals surface area contributed by atoms with E-state index in [1.165, 1.54) is 0 Å². The molecule has 0 aliphatic carbocycles. The van der Waals surface area contributed by atoms with Crippen LogP contribution in [0.5, 0.6) is 0 Å². The van der Waals surface area contributed by atoms with E-state index in [1.807, 2.05) is 51.1 Å². The molecule has 20 heavy (non-hydrogen) atoms. The Balaban J connectivity index is 2.44. The van der Waals surface area contributed by atoms with Gasteiger partial charge in [0, 0.05) is 5.02 Å². The van der Waals surface area contributed by atoms with Crippen molar-refractivity contribution in [2.45, 2.75) is 26.9 Å². The lowest BCUT2D eigenvalue weighted by Crippen LogP contribution is -2.29. The third-order valence-electron chi connectivity index (χ3n) is 2.97. The van der Waals surface area contributed by atoms with Gasteiger partial charge in [0.2, 0.25) is 0 Å². The van der Waals surface area contributed by atoms with Crippen molar-refractivity contribution in [3.63, 3.8) is 0 Å². The lowest BCUT2D eigenvalue weighted by molar-refractivity contribution is 0.109. The zero-order valence-corrected chi connectivity index (χ0v) is 12.5. The molecule has 106 valence electrons. The molecule has 4 nitrogen and oxygen atoms in total. The molecule has 1 N–H and O–H groups in total. The van der Waals surface area contributed by atoms with E-state index < -0.39 is 6.10 Å². The number of nitrogens with zero attached hydrogens (tertiary/aromatic N) is 3. The van der Waals surface area contributed by atoms with Crippen LogP contribution in [-0.4, -0.2) is 26.2 Å². The second-order valence-electron chi connectivity index (χ2n) is 5.74. The third kappa shape index (κ3) is 3.46. The average Bonchev–Trinajstić information content (AvgIpc) is 2.90. The van der Waals surface area contributed by atoms with Gasteiger partial charge >= 0.3 is 0 Å². The predicted octanol–water partition coefficient (Wildman–Crippen LogP) is 3.34. The number of hydrogen-bond acceptors (Lipinski definition) is 3. The summed E-state index contributed by atoms with van der Waals surface area (Å²) in [5.74, 6) is 0. The molecule has 5 heteroatoms. The van der Waals surface area contributed by atoms with Gasteiger partial charge in [-0.25, -0.2) is 4.68 Å². The first-order valence-electron chi connectivity index (χ1n) is 6.40. The van der Waals surface area contributed by atoms with Gasteiger partial charge in [-0.05, 0) is 29.2 Å². The Bertz CT molecular complexity index is 583. The minimum atomic E-state index is -0.667. The van der Waals surface area contributed by atoms with Gasteiger partial charge in [-0.1, -0.05) is 49.7 Å². The fraction of sp³-hybridized carbons (Fsp3) is 0.333. The highest BCUT2D eigenvalue weighted by Gasteiger charge is 2.27. The van der Waals surface area contributed by atoms with Crippen LogP contribution in [0.2, 0.25) is 5.02 Å². The molecule has 0 saturated heterocycles. The van der Waals surface area contributed by atoms with Crippen molar-refractivity contribution >= 4 is 23.4 Å². The fourth-order valence-electron chi connectivity index (χ4n) is 1.79. The standard InChI is InChI=1S/C15H18ClN3O/c1-15(2,3)14(20)13(19-9-8-17-18-19)10-11-4-6-12(16)7-5-11/h4-10,14,20H,1-3H3/b13-10+. The van der Waals surface area contributed by atoms with Gasteiger partial charge in [-0.15, -0.1) is 5.10 Å². The van der Waals surface area contributed by atoms with Gasteiger partial charge in [0.25, 0.3) is 0 Å². The second-order valence-corrected chi connectivity index (χ2v) is 6.17. The van der Waals surface area contributed by atoms with Crippen LogP contribution in [0, 0.1) is 5.41 Å². The predicted molar refractivity (Wildman–Crippen MR) is 81.1 cm³/mol. The summed E-state index contributed by atoms with van der Waals surface area (Å²) in [4.78, 5) is 0. The highest BCUT2D eigenvalue weighted by molar-refractivity contribution is 6.30. The molecule has 1 aromatic carbocycles. The van der Waals surface area contributed by atoms with Crippen LogP contribution >= 0.6 is 11.6 Å². The summed E-state index contributed by atoms with van der Waals surface area (Å²) in [5, 5.41) is 19.0. The van der Waals surface area contributed by atoms with E-state index in [-0.39, 0.29) is 5.41 Å². The van der Waals surface area contributed by atoms with Gasteiger partial charge < -0.3 is 5.11 Å². The number of aliphatic hydroxyl groups excluding tert-OH is 1. The zero-order valence-electron chi connectivity index (χ0n) is 11.8. The van der Waals surface area contributed by atoms with E-state index in [4.69, 9.17) is 11.6 Å². The van der Waals surface area contributed by atoms with E-state index in [1.54, 1.807) is 17.1 Å². The van der Waals surface area contributed by atoms with Crippen molar-refractivity contribution < 1.29 is 5.11 Å². The summed E-state index contributed by atoms with van der Waals surface area (Å²) in [6, 6.07) is 7.43. The summed E-state index contributed by atoms with van der Waals surface area (Å²) < 4.78 is 1.59. The maximum Gasteiger partial charge on any atom is 0.101 e. The van der Waals surface area contributed by atoms with Crippen LogP contribution in [0.4, 0.5) is 0 Å². The van der Waals surface area contributed by atoms with Gasteiger partial charge in [-0.2, -0.15) is 0 Å². The SMILES string of the molecule is CC(C)(C)C(O)/C(=C\c1ccc(Cl)cc1)n1ccnn1. The van der Waals surface area contributed by atoms with Crippen LogP contribution < -0.4 is 0 Å². The highest BCUT2D eigenvalue weighted by atomic mass is 35.5. The second kappa shape index (κ2) is 5.77. The molecule has 0 aliphatic heterocycles. The molecular formula is C15H18ClN3O. The summed E-state index contributed by atoms with van der Waals surface area (Å²) in [6.07, 6.45) is 4.53. The van der Waals surface area contributed by atoms with Crippen LogP contribution in [0.15, 0.2) is 36.7 Å². The van der Waals surface area contributed by atoms with Crippen molar-refractivity contribution in [1.29, 1.82) is 0 Å². The Morgan fingerprint density at radius 2 is 1.95 bits per heavy atom.